The number of hydrogen-bond acceptors (Lipinski definition) is 4. The minimum atomic E-state index is -0.384. The van der Waals surface area contributed by atoms with Gasteiger partial charge in [-0.25, -0.2) is 4.79 Å². The van der Waals surface area contributed by atoms with Crippen molar-refractivity contribution in [2.24, 2.45) is 7.05 Å². The molecule has 0 spiro atoms. The molecule has 2 N–H and O–H groups in total. The number of phenolic OH excluding ortho intramolecular Hbond substituents is 1. The van der Waals surface area contributed by atoms with E-state index in [0.29, 0.717) is 17.4 Å². The number of aromatic nitrogens is 2. The van der Waals surface area contributed by atoms with Crippen LogP contribution in [-0.4, -0.2) is 27.3 Å². The molecule has 0 radical (unpaired) electrons. The van der Waals surface area contributed by atoms with Crippen LogP contribution in [0, 0.1) is 0 Å². The van der Waals surface area contributed by atoms with Crippen LogP contribution in [0.15, 0.2) is 27.8 Å². The predicted molar refractivity (Wildman–Crippen MR) is 73.6 cm³/mol. The lowest BCUT2D eigenvalue weighted by Crippen LogP contribution is -2.43. The number of aromatic hydroxyl groups is 1. The summed E-state index contributed by atoms with van der Waals surface area (Å²) in [7, 11) is 3.36. The topological polar surface area (TPSA) is 76.3 Å². The molecule has 1 aromatic heterocycles. The van der Waals surface area contributed by atoms with E-state index in [4.69, 9.17) is 0 Å². The summed E-state index contributed by atoms with van der Waals surface area (Å²) < 4.78 is 2.58. The molecule has 0 aliphatic rings. The van der Waals surface area contributed by atoms with Gasteiger partial charge in [-0.05, 0) is 26.1 Å². The zero-order valence-corrected chi connectivity index (χ0v) is 11.2. The van der Waals surface area contributed by atoms with Gasteiger partial charge in [0.1, 0.15) is 5.75 Å². The van der Waals surface area contributed by atoms with E-state index in [1.54, 1.807) is 14.1 Å². The number of fused-ring (bicyclic) bond motifs is 1. The summed E-state index contributed by atoms with van der Waals surface area (Å²) in [5.74, 6) is 0.0308. The summed E-state index contributed by atoms with van der Waals surface area (Å²) in [5.41, 5.74) is -0.284. The SMILES string of the molecule is CNC(C)Cn1c(=O)c2ccc(O)cc2n(C)c1=O. The molecular formula is C13H17N3O3. The van der Waals surface area contributed by atoms with Gasteiger partial charge < -0.3 is 10.4 Å². The van der Waals surface area contributed by atoms with Gasteiger partial charge in [0, 0.05) is 25.7 Å². The van der Waals surface area contributed by atoms with E-state index in [0.717, 1.165) is 0 Å². The molecule has 6 heteroatoms. The second kappa shape index (κ2) is 4.89. The highest BCUT2D eigenvalue weighted by molar-refractivity contribution is 5.79. The Balaban J connectivity index is 2.78. The van der Waals surface area contributed by atoms with Crippen molar-refractivity contribution >= 4 is 10.9 Å². The maximum absolute atomic E-state index is 12.3. The minimum absolute atomic E-state index is 0.0139. The Morgan fingerprint density at radius 3 is 2.68 bits per heavy atom. The smallest absolute Gasteiger partial charge is 0.331 e. The maximum atomic E-state index is 12.3. The van der Waals surface area contributed by atoms with Crippen LogP contribution in [0.4, 0.5) is 0 Å². The molecule has 0 fully saturated rings. The van der Waals surface area contributed by atoms with Crippen molar-refractivity contribution in [2.45, 2.75) is 19.5 Å². The molecule has 2 rings (SSSR count). The first-order chi connectivity index (χ1) is 8.95. The quantitative estimate of drug-likeness (QED) is 0.818. The fourth-order valence-electron chi connectivity index (χ4n) is 2.02. The highest BCUT2D eigenvalue weighted by Gasteiger charge is 2.12. The van der Waals surface area contributed by atoms with Crippen molar-refractivity contribution in [2.75, 3.05) is 7.05 Å². The summed E-state index contributed by atoms with van der Waals surface area (Å²) in [4.78, 5) is 24.5. The van der Waals surface area contributed by atoms with Crippen LogP contribution in [-0.2, 0) is 13.6 Å². The van der Waals surface area contributed by atoms with E-state index >= 15 is 0 Å². The van der Waals surface area contributed by atoms with Crippen LogP contribution < -0.4 is 16.6 Å². The average molecular weight is 263 g/mol. The molecule has 1 heterocycles. The van der Waals surface area contributed by atoms with Crippen molar-refractivity contribution in [3.8, 4) is 5.75 Å². The van der Waals surface area contributed by atoms with Gasteiger partial charge in [-0.15, -0.1) is 0 Å². The fraction of sp³-hybridized carbons (Fsp3) is 0.385. The van der Waals surface area contributed by atoms with Crippen LogP contribution in [0.5, 0.6) is 5.75 Å². The molecule has 0 aliphatic carbocycles. The van der Waals surface area contributed by atoms with E-state index in [1.807, 2.05) is 6.92 Å². The van der Waals surface area contributed by atoms with E-state index in [2.05, 4.69) is 5.32 Å². The molecule has 1 aromatic carbocycles. The Bertz CT molecular complexity index is 730. The summed E-state index contributed by atoms with van der Waals surface area (Å²) in [6.45, 7) is 2.20. The highest BCUT2D eigenvalue weighted by Crippen LogP contribution is 2.15. The van der Waals surface area contributed by atoms with Gasteiger partial charge in [-0.2, -0.15) is 0 Å². The van der Waals surface area contributed by atoms with Gasteiger partial charge in [0.25, 0.3) is 5.56 Å². The molecule has 0 amide bonds. The number of nitrogens with one attached hydrogen (secondary N) is 1. The first kappa shape index (κ1) is 13.4. The largest absolute Gasteiger partial charge is 0.508 e. The van der Waals surface area contributed by atoms with Crippen molar-refractivity contribution in [1.82, 2.24) is 14.5 Å². The summed E-state index contributed by atoms with van der Waals surface area (Å²) in [5, 5.41) is 12.9. The van der Waals surface area contributed by atoms with Gasteiger partial charge in [0.05, 0.1) is 10.9 Å². The molecule has 102 valence electrons. The number of hydrogen-bond donors (Lipinski definition) is 2. The number of aryl methyl sites for hydroxylation is 1. The van der Waals surface area contributed by atoms with E-state index in [1.165, 1.54) is 27.3 Å². The van der Waals surface area contributed by atoms with Crippen molar-refractivity contribution < 1.29 is 5.11 Å². The predicted octanol–water partition coefficient (Wildman–Crippen LogP) is 0.0137. The number of phenols is 1. The molecule has 19 heavy (non-hydrogen) atoms. The molecule has 1 unspecified atom stereocenters. The molecule has 2 aromatic rings. The monoisotopic (exact) mass is 263 g/mol. The number of nitrogens with zero attached hydrogens (tertiary/aromatic N) is 2. The zero-order valence-electron chi connectivity index (χ0n) is 11.2. The minimum Gasteiger partial charge on any atom is -0.508 e. The van der Waals surface area contributed by atoms with Crippen molar-refractivity contribution in [3.63, 3.8) is 0 Å². The summed E-state index contributed by atoms with van der Waals surface area (Å²) in [6, 6.07) is 4.41. The van der Waals surface area contributed by atoms with E-state index in [-0.39, 0.29) is 23.0 Å². The van der Waals surface area contributed by atoms with Crippen molar-refractivity contribution in [1.29, 1.82) is 0 Å². The third-order valence-electron chi connectivity index (χ3n) is 3.29. The van der Waals surface area contributed by atoms with Gasteiger partial charge >= 0.3 is 5.69 Å². The summed E-state index contributed by atoms with van der Waals surface area (Å²) in [6.07, 6.45) is 0. The molecule has 0 saturated carbocycles. The lowest BCUT2D eigenvalue weighted by atomic mass is 10.2. The number of likely N-dealkylation sites (N-methyl/N-ethyl adjacent to an activating group) is 1. The van der Waals surface area contributed by atoms with Crippen LogP contribution in [0.3, 0.4) is 0 Å². The van der Waals surface area contributed by atoms with E-state index in [9.17, 15) is 14.7 Å². The molecule has 0 bridgehead atoms. The fourth-order valence-corrected chi connectivity index (χ4v) is 2.02. The number of benzene rings is 1. The van der Waals surface area contributed by atoms with Gasteiger partial charge in [0.2, 0.25) is 0 Å². The second-order valence-corrected chi connectivity index (χ2v) is 4.65. The van der Waals surface area contributed by atoms with Crippen LogP contribution in [0.2, 0.25) is 0 Å². The third-order valence-corrected chi connectivity index (χ3v) is 3.29. The third kappa shape index (κ3) is 2.26. The van der Waals surface area contributed by atoms with Crippen molar-refractivity contribution in [3.05, 3.63) is 39.0 Å². The normalized spacial score (nSPS) is 12.8. The molecule has 6 nitrogen and oxygen atoms in total. The Morgan fingerprint density at radius 2 is 2.05 bits per heavy atom. The highest BCUT2D eigenvalue weighted by atomic mass is 16.3. The standard InChI is InChI=1S/C13H17N3O3/c1-8(14-2)7-16-12(18)10-5-4-9(17)6-11(10)15(3)13(16)19/h4-6,8,14,17H,7H2,1-3H3. The average Bonchev–Trinajstić information content (AvgIpc) is 2.40. The Morgan fingerprint density at radius 1 is 1.37 bits per heavy atom. The second-order valence-electron chi connectivity index (χ2n) is 4.65. The molecular weight excluding hydrogens is 246 g/mol. The number of rotatable bonds is 3. The Kier molecular flexibility index (Phi) is 3.44. The Hall–Kier alpha value is -2.08. The summed E-state index contributed by atoms with van der Waals surface area (Å²) >= 11 is 0. The zero-order chi connectivity index (χ0) is 14.2. The van der Waals surface area contributed by atoms with Gasteiger partial charge in [-0.3, -0.25) is 13.9 Å². The van der Waals surface area contributed by atoms with Gasteiger partial charge in [0.15, 0.2) is 0 Å². The lowest BCUT2D eigenvalue weighted by Gasteiger charge is -2.14. The first-order valence-electron chi connectivity index (χ1n) is 6.05. The van der Waals surface area contributed by atoms with Gasteiger partial charge in [-0.1, -0.05) is 0 Å². The van der Waals surface area contributed by atoms with Crippen LogP contribution in [0.25, 0.3) is 10.9 Å². The maximum Gasteiger partial charge on any atom is 0.331 e. The first-order valence-corrected chi connectivity index (χ1v) is 6.05. The van der Waals surface area contributed by atoms with Crippen LogP contribution >= 0.6 is 0 Å². The molecule has 0 aliphatic heterocycles. The Labute approximate surface area is 109 Å². The molecule has 1 atom stereocenters. The molecule has 0 saturated heterocycles. The van der Waals surface area contributed by atoms with Crippen LogP contribution in [0.1, 0.15) is 6.92 Å². The van der Waals surface area contributed by atoms with E-state index < -0.39 is 0 Å². The lowest BCUT2D eigenvalue weighted by molar-refractivity contribution is 0.473.